The molecule has 1 fully saturated rings. The highest BCUT2D eigenvalue weighted by Gasteiger charge is 2.23. The quantitative estimate of drug-likeness (QED) is 0.921. The fourth-order valence-electron chi connectivity index (χ4n) is 3.26. The molecule has 1 N–H and O–H groups in total. The second kappa shape index (κ2) is 7.47. The minimum Gasteiger partial charge on any atom is -0.339 e. The van der Waals surface area contributed by atoms with E-state index in [2.05, 4.69) is 29.3 Å². The molecule has 3 rings (SSSR count). The van der Waals surface area contributed by atoms with Gasteiger partial charge in [0.1, 0.15) is 0 Å². The Bertz CT molecular complexity index is 602. The number of benzene rings is 1. The Morgan fingerprint density at radius 3 is 2.96 bits per heavy atom. The Kier molecular flexibility index (Phi) is 5.36. The van der Waals surface area contributed by atoms with Crippen molar-refractivity contribution in [3.8, 4) is 0 Å². The average molecular weight is 334 g/mol. The fourth-order valence-corrected chi connectivity index (χ4v) is 3.45. The van der Waals surface area contributed by atoms with Crippen molar-refractivity contribution in [3.63, 3.8) is 0 Å². The Morgan fingerprint density at radius 1 is 1.39 bits per heavy atom. The normalized spacial score (nSPS) is 22.8. The zero-order valence-electron chi connectivity index (χ0n) is 13.6. The van der Waals surface area contributed by atoms with E-state index in [1.165, 1.54) is 11.1 Å². The van der Waals surface area contributed by atoms with Crippen LogP contribution in [0, 0.1) is 0 Å². The van der Waals surface area contributed by atoms with Gasteiger partial charge in [-0.05, 0) is 36.6 Å². The van der Waals surface area contributed by atoms with Crippen LogP contribution in [0.2, 0.25) is 5.02 Å². The number of nitrogens with one attached hydrogen (secondary N) is 1. The predicted molar refractivity (Wildman–Crippen MR) is 94.5 cm³/mol. The summed E-state index contributed by atoms with van der Waals surface area (Å²) in [5.41, 5.74) is 2.52. The van der Waals surface area contributed by atoms with Crippen LogP contribution in [-0.2, 0) is 4.79 Å². The molecular formula is C18H24ClN3O. The Balaban J connectivity index is 1.55. The summed E-state index contributed by atoms with van der Waals surface area (Å²) in [6, 6.07) is 8.38. The first-order chi connectivity index (χ1) is 11.1. The molecule has 0 radical (unpaired) electrons. The third-order valence-corrected chi connectivity index (χ3v) is 4.80. The molecule has 1 aromatic carbocycles. The van der Waals surface area contributed by atoms with E-state index in [1.54, 1.807) is 0 Å². The lowest BCUT2D eigenvalue weighted by molar-refractivity contribution is -0.133. The molecule has 124 valence electrons. The first-order valence-electron chi connectivity index (χ1n) is 8.30. The summed E-state index contributed by atoms with van der Waals surface area (Å²) in [5.74, 6) is 0.248. The van der Waals surface area contributed by atoms with Gasteiger partial charge in [0.2, 0.25) is 5.91 Å². The molecule has 5 heteroatoms. The van der Waals surface area contributed by atoms with Crippen molar-refractivity contribution in [2.75, 3.05) is 39.3 Å². The van der Waals surface area contributed by atoms with Crippen LogP contribution >= 0.6 is 11.6 Å². The van der Waals surface area contributed by atoms with Gasteiger partial charge in [-0.3, -0.25) is 9.69 Å². The zero-order valence-corrected chi connectivity index (χ0v) is 14.4. The van der Waals surface area contributed by atoms with Gasteiger partial charge in [-0.25, -0.2) is 0 Å². The van der Waals surface area contributed by atoms with E-state index >= 15 is 0 Å². The van der Waals surface area contributed by atoms with Gasteiger partial charge in [0.15, 0.2) is 0 Å². The third kappa shape index (κ3) is 4.34. The van der Waals surface area contributed by atoms with Crippen molar-refractivity contribution in [2.45, 2.75) is 19.4 Å². The lowest BCUT2D eigenvalue weighted by atomic mass is 9.99. The summed E-state index contributed by atoms with van der Waals surface area (Å²) < 4.78 is 0. The van der Waals surface area contributed by atoms with Crippen molar-refractivity contribution in [1.82, 2.24) is 15.1 Å². The van der Waals surface area contributed by atoms with Crippen LogP contribution in [0.5, 0.6) is 0 Å². The molecule has 2 aliphatic rings. The highest BCUT2D eigenvalue weighted by atomic mass is 35.5. The highest BCUT2D eigenvalue weighted by Crippen LogP contribution is 2.24. The molecule has 0 aromatic heterocycles. The van der Waals surface area contributed by atoms with Gasteiger partial charge >= 0.3 is 0 Å². The second-order valence-corrected chi connectivity index (χ2v) is 6.86. The fraction of sp³-hybridized carbons (Fsp3) is 0.500. The number of rotatable bonds is 3. The highest BCUT2D eigenvalue weighted by molar-refractivity contribution is 6.30. The predicted octanol–water partition coefficient (Wildman–Crippen LogP) is 2.25. The van der Waals surface area contributed by atoms with E-state index in [4.69, 9.17) is 11.6 Å². The van der Waals surface area contributed by atoms with E-state index in [0.717, 1.165) is 44.2 Å². The van der Waals surface area contributed by atoms with Gasteiger partial charge in [-0.2, -0.15) is 0 Å². The van der Waals surface area contributed by atoms with Crippen LogP contribution in [0.3, 0.4) is 0 Å². The van der Waals surface area contributed by atoms with E-state index in [1.807, 2.05) is 23.1 Å². The van der Waals surface area contributed by atoms with E-state index in [9.17, 15) is 4.79 Å². The number of hydrogen-bond donors (Lipinski definition) is 1. The number of carbonyl (C=O) groups is 1. The molecule has 2 heterocycles. The maximum atomic E-state index is 12.4. The Labute approximate surface area is 143 Å². The topological polar surface area (TPSA) is 35.6 Å². The summed E-state index contributed by atoms with van der Waals surface area (Å²) in [7, 11) is 0. The van der Waals surface area contributed by atoms with Gasteiger partial charge in [-0.1, -0.05) is 29.8 Å². The summed E-state index contributed by atoms with van der Waals surface area (Å²) in [4.78, 5) is 16.6. The van der Waals surface area contributed by atoms with Crippen molar-refractivity contribution in [1.29, 1.82) is 0 Å². The van der Waals surface area contributed by atoms with Crippen molar-refractivity contribution in [3.05, 3.63) is 40.9 Å². The SMILES string of the molecule is CC1CN(C(=O)CN2CC=C(c3cccc(Cl)c3)CC2)CCN1. The van der Waals surface area contributed by atoms with Crippen LogP contribution in [0.4, 0.5) is 0 Å². The molecule has 0 saturated carbocycles. The Morgan fingerprint density at radius 2 is 2.26 bits per heavy atom. The van der Waals surface area contributed by atoms with E-state index in [-0.39, 0.29) is 5.91 Å². The summed E-state index contributed by atoms with van der Waals surface area (Å²) in [6.07, 6.45) is 3.19. The van der Waals surface area contributed by atoms with Gasteiger partial charge in [0.25, 0.3) is 0 Å². The molecule has 0 bridgehead atoms. The molecule has 23 heavy (non-hydrogen) atoms. The average Bonchev–Trinajstić information content (AvgIpc) is 2.55. The molecule has 0 aliphatic carbocycles. The van der Waals surface area contributed by atoms with Crippen LogP contribution in [-0.4, -0.2) is 61.0 Å². The third-order valence-electron chi connectivity index (χ3n) is 4.57. The number of carbonyl (C=O) groups excluding carboxylic acids is 1. The molecule has 1 atom stereocenters. The molecule has 1 unspecified atom stereocenters. The number of amides is 1. The van der Waals surface area contributed by atoms with Crippen LogP contribution in [0.15, 0.2) is 30.3 Å². The van der Waals surface area contributed by atoms with Crippen molar-refractivity contribution < 1.29 is 4.79 Å². The Hall–Kier alpha value is -1.36. The van der Waals surface area contributed by atoms with Gasteiger partial charge in [0.05, 0.1) is 6.54 Å². The molecular weight excluding hydrogens is 310 g/mol. The van der Waals surface area contributed by atoms with Crippen LogP contribution in [0.1, 0.15) is 18.9 Å². The maximum absolute atomic E-state index is 12.4. The van der Waals surface area contributed by atoms with Crippen LogP contribution < -0.4 is 5.32 Å². The van der Waals surface area contributed by atoms with Crippen LogP contribution in [0.25, 0.3) is 5.57 Å². The van der Waals surface area contributed by atoms with Gasteiger partial charge in [-0.15, -0.1) is 0 Å². The van der Waals surface area contributed by atoms with Crippen molar-refractivity contribution in [2.24, 2.45) is 0 Å². The second-order valence-electron chi connectivity index (χ2n) is 6.42. The number of halogens is 1. The molecule has 0 spiro atoms. The van der Waals surface area contributed by atoms with Crippen molar-refractivity contribution >= 4 is 23.1 Å². The van der Waals surface area contributed by atoms with E-state index in [0.29, 0.717) is 12.6 Å². The minimum absolute atomic E-state index is 0.248. The molecule has 2 aliphatic heterocycles. The minimum atomic E-state index is 0.248. The lowest BCUT2D eigenvalue weighted by Crippen LogP contribution is -2.53. The lowest BCUT2D eigenvalue weighted by Gasteiger charge is -2.34. The molecule has 4 nitrogen and oxygen atoms in total. The first-order valence-corrected chi connectivity index (χ1v) is 8.68. The standard InChI is InChI=1S/C18H24ClN3O/c1-14-12-22(10-7-20-14)18(23)13-21-8-5-15(6-9-21)16-3-2-4-17(19)11-16/h2-5,11,14,20H,6-10,12-13H2,1H3. The van der Waals surface area contributed by atoms with E-state index < -0.39 is 0 Å². The molecule has 1 saturated heterocycles. The summed E-state index contributed by atoms with van der Waals surface area (Å²) in [5, 5.41) is 4.14. The summed E-state index contributed by atoms with van der Waals surface area (Å²) >= 11 is 6.07. The molecule has 1 aromatic rings. The number of piperazine rings is 1. The number of nitrogens with zero attached hydrogens (tertiary/aromatic N) is 2. The smallest absolute Gasteiger partial charge is 0.236 e. The first kappa shape index (κ1) is 16.5. The summed E-state index contributed by atoms with van der Waals surface area (Å²) in [6.45, 7) is 6.93. The maximum Gasteiger partial charge on any atom is 0.236 e. The number of hydrogen-bond acceptors (Lipinski definition) is 3. The zero-order chi connectivity index (χ0) is 16.2. The monoisotopic (exact) mass is 333 g/mol. The molecule has 1 amide bonds. The van der Waals surface area contributed by atoms with Gasteiger partial charge in [0, 0.05) is 43.8 Å². The van der Waals surface area contributed by atoms with Gasteiger partial charge < -0.3 is 10.2 Å². The largest absolute Gasteiger partial charge is 0.339 e.